The molecule has 2 N–H and O–H groups in total. The minimum absolute atomic E-state index is 0.0820. The number of carbonyl (C=O) groups is 2. The van der Waals surface area contributed by atoms with Gasteiger partial charge in [-0.25, -0.2) is 0 Å². The molecule has 2 aliphatic rings. The summed E-state index contributed by atoms with van der Waals surface area (Å²) in [5.41, 5.74) is 1.66. The maximum atomic E-state index is 12.5. The van der Waals surface area contributed by atoms with E-state index in [1.807, 2.05) is 18.2 Å². The number of amides is 2. The number of nitrogens with one attached hydrogen (secondary N) is 2. The van der Waals surface area contributed by atoms with Crippen LogP contribution in [0.15, 0.2) is 35.3 Å². The van der Waals surface area contributed by atoms with Gasteiger partial charge in [-0.1, -0.05) is 23.7 Å². The summed E-state index contributed by atoms with van der Waals surface area (Å²) in [5.74, 6) is -0.316. The molecule has 1 saturated heterocycles. The van der Waals surface area contributed by atoms with Crippen LogP contribution in [0.1, 0.15) is 5.56 Å². The van der Waals surface area contributed by atoms with Crippen molar-refractivity contribution in [2.75, 3.05) is 19.6 Å². The molecule has 0 aromatic heterocycles. The maximum absolute atomic E-state index is 12.5. The van der Waals surface area contributed by atoms with E-state index in [4.69, 9.17) is 11.6 Å². The highest BCUT2D eigenvalue weighted by molar-refractivity contribution is 6.30. The first-order valence-corrected chi connectivity index (χ1v) is 7.33. The van der Waals surface area contributed by atoms with Crippen LogP contribution in [0.4, 0.5) is 0 Å². The first-order chi connectivity index (χ1) is 10.6. The van der Waals surface area contributed by atoms with Gasteiger partial charge in [0.25, 0.3) is 5.91 Å². The third-order valence-electron chi connectivity index (χ3n) is 3.52. The summed E-state index contributed by atoms with van der Waals surface area (Å²) in [7, 11) is 0. The molecular formula is C15H15ClN4O2. The molecular weight excluding hydrogens is 304 g/mol. The molecule has 1 aromatic rings. The Hall–Kier alpha value is -2.34. The Bertz CT molecular complexity index is 671. The van der Waals surface area contributed by atoms with Gasteiger partial charge in [0.15, 0.2) is 6.04 Å². The van der Waals surface area contributed by atoms with Gasteiger partial charge in [0.05, 0.1) is 12.9 Å². The average Bonchev–Trinajstić information content (AvgIpc) is 2.54. The second-order valence-electron chi connectivity index (χ2n) is 5.07. The first kappa shape index (κ1) is 14.6. The van der Waals surface area contributed by atoms with Crippen molar-refractivity contribution >= 4 is 35.5 Å². The fourth-order valence-corrected chi connectivity index (χ4v) is 2.61. The van der Waals surface area contributed by atoms with Crippen LogP contribution in [0.25, 0.3) is 5.70 Å². The minimum Gasteiger partial charge on any atom is -0.353 e. The van der Waals surface area contributed by atoms with Gasteiger partial charge in [-0.15, -0.1) is 0 Å². The molecule has 22 heavy (non-hydrogen) atoms. The second kappa shape index (κ2) is 6.19. The molecule has 0 radical (unpaired) electrons. The summed E-state index contributed by atoms with van der Waals surface area (Å²) in [6, 6.07) is 6.73. The minimum atomic E-state index is -0.624. The Morgan fingerprint density at radius 3 is 3.05 bits per heavy atom. The molecule has 1 unspecified atom stereocenters. The summed E-state index contributed by atoms with van der Waals surface area (Å²) in [6.45, 7) is 1.06. The largest absolute Gasteiger partial charge is 0.353 e. The lowest BCUT2D eigenvalue weighted by Crippen LogP contribution is -2.52. The van der Waals surface area contributed by atoms with Gasteiger partial charge < -0.3 is 15.5 Å². The SMILES string of the molecule is O=C1CN(C(=O)C2C=C(c3cccc(Cl)c3)NC=N2)CCN1. The lowest BCUT2D eigenvalue weighted by molar-refractivity contribution is -0.138. The Labute approximate surface area is 132 Å². The van der Waals surface area contributed by atoms with Crippen molar-refractivity contribution in [3.05, 3.63) is 40.9 Å². The Morgan fingerprint density at radius 2 is 2.27 bits per heavy atom. The molecule has 1 atom stereocenters. The lowest BCUT2D eigenvalue weighted by atomic mass is 10.1. The van der Waals surface area contributed by atoms with E-state index in [-0.39, 0.29) is 18.4 Å². The van der Waals surface area contributed by atoms with E-state index in [0.717, 1.165) is 11.3 Å². The number of aliphatic imine (C=N–C) groups is 1. The third kappa shape index (κ3) is 3.12. The Balaban J connectivity index is 1.79. The molecule has 6 nitrogen and oxygen atoms in total. The zero-order chi connectivity index (χ0) is 15.5. The molecule has 3 rings (SSSR count). The van der Waals surface area contributed by atoms with E-state index in [2.05, 4.69) is 15.6 Å². The van der Waals surface area contributed by atoms with Gasteiger partial charge in [-0.2, -0.15) is 0 Å². The van der Waals surface area contributed by atoms with Crippen LogP contribution in [0.2, 0.25) is 5.02 Å². The summed E-state index contributed by atoms with van der Waals surface area (Å²) in [4.78, 5) is 29.6. The maximum Gasteiger partial charge on any atom is 0.252 e. The van der Waals surface area contributed by atoms with Crippen molar-refractivity contribution in [1.82, 2.24) is 15.5 Å². The monoisotopic (exact) mass is 318 g/mol. The van der Waals surface area contributed by atoms with Crippen molar-refractivity contribution in [2.45, 2.75) is 6.04 Å². The van der Waals surface area contributed by atoms with Gasteiger partial charge in [0.2, 0.25) is 5.91 Å². The second-order valence-corrected chi connectivity index (χ2v) is 5.50. The normalized spacial score (nSPS) is 21.0. The average molecular weight is 319 g/mol. The molecule has 114 valence electrons. The standard InChI is InChI=1S/C15H15ClN4O2/c16-11-3-1-2-10(6-11)12-7-13(19-9-18-12)15(22)20-5-4-17-14(21)8-20/h1-3,6-7,9,13H,4-5,8H2,(H,17,21)(H,18,19). The molecule has 2 aliphatic heterocycles. The predicted octanol–water partition coefficient (Wildman–Crippen LogP) is 0.639. The van der Waals surface area contributed by atoms with Crippen LogP contribution in [0.5, 0.6) is 0 Å². The fraction of sp³-hybridized carbons (Fsp3) is 0.267. The lowest BCUT2D eigenvalue weighted by Gasteiger charge is -2.29. The third-order valence-corrected chi connectivity index (χ3v) is 3.75. The van der Waals surface area contributed by atoms with E-state index in [0.29, 0.717) is 18.1 Å². The number of nitrogens with zero attached hydrogens (tertiary/aromatic N) is 2. The number of hydrogen-bond donors (Lipinski definition) is 2. The molecule has 1 fully saturated rings. The van der Waals surface area contributed by atoms with Crippen molar-refractivity contribution in [3.8, 4) is 0 Å². The zero-order valence-corrected chi connectivity index (χ0v) is 12.5. The number of halogens is 1. The van der Waals surface area contributed by atoms with Crippen molar-refractivity contribution in [1.29, 1.82) is 0 Å². The molecule has 7 heteroatoms. The van der Waals surface area contributed by atoms with E-state index in [9.17, 15) is 9.59 Å². The van der Waals surface area contributed by atoms with Crippen LogP contribution >= 0.6 is 11.6 Å². The molecule has 0 spiro atoms. The van der Waals surface area contributed by atoms with Crippen molar-refractivity contribution in [2.24, 2.45) is 4.99 Å². The Kier molecular flexibility index (Phi) is 4.11. The number of hydrogen-bond acceptors (Lipinski definition) is 4. The molecule has 0 saturated carbocycles. The van der Waals surface area contributed by atoms with Gasteiger partial charge in [-0.3, -0.25) is 14.6 Å². The highest BCUT2D eigenvalue weighted by Gasteiger charge is 2.27. The van der Waals surface area contributed by atoms with Crippen LogP contribution in [0.3, 0.4) is 0 Å². The van der Waals surface area contributed by atoms with Crippen molar-refractivity contribution in [3.63, 3.8) is 0 Å². The van der Waals surface area contributed by atoms with E-state index < -0.39 is 6.04 Å². The van der Waals surface area contributed by atoms with E-state index >= 15 is 0 Å². The molecule has 2 amide bonds. The number of rotatable bonds is 2. The first-order valence-electron chi connectivity index (χ1n) is 6.95. The highest BCUT2D eigenvalue weighted by Crippen LogP contribution is 2.20. The topological polar surface area (TPSA) is 73.8 Å². The fourth-order valence-electron chi connectivity index (χ4n) is 2.42. The molecule has 0 bridgehead atoms. The Morgan fingerprint density at radius 1 is 1.41 bits per heavy atom. The summed E-state index contributed by atoms with van der Waals surface area (Å²) < 4.78 is 0. The van der Waals surface area contributed by atoms with Crippen LogP contribution < -0.4 is 10.6 Å². The summed E-state index contributed by atoms with van der Waals surface area (Å²) in [6.07, 6.45) is 3.25. The van der Waals surface area contributed by atoms with Gasteiger partial charge in [0.1, 0.15) is 0 Å². The zero-order valence-electron chi connectivity index (χ0n) is 11.8. The smallest absolute Gasteiger partial charge is 0.252 e. The predicted molar refractivity (Wildman–Crippen MR) is 84.4 cm³/mol. The van der Waals surface area contributed by atoms with Crippen LogP contribution in [-0.4, -0.2) is 48.7 Å². The molecule has 1 aromatic carbocycles. The van der Waals surface area contributed by atoms with Crippen molar-refractivity contribution < 1.29 is 9.59 Å². The quantitative estimate of drug-likeness (QED) is 0.840. The van der Waals surface area contributed by atoms with E-state index in [1.54, 1.807) is 12.1 Å². The van der Waals surface area contributed by atoms with Gasteiger partial charge >= 0.3 is 0 Å². The van der Waals surface area contributed by atoms with Gasteiger partial charge in [-0.05, 0) is 23.8 Å². The van der Waals surface area contributed by atoms with E-state index in [1.165, 1.54) is 11.2 Å². The number of piperazine rings is 1. The highest BCUT2D eigenvalue weighted by atomic mass is 35.5. The number of benzene rings is 1. The summed E-state index contributed by atoms with van der Waals surface area (Å²) >= 11 is 5.99. The number of carbonyl (C=O) groups excluding carboxylic acids is 2. The molecule has 0 aliphatic carbocycles. The van der Waals surface area contributed by atoms with Gasteiger partial charge in [0, 0.05) is 23.8 Å². The van der Waals surface area contributed by atoms with Crippen LogP contribution in [-0.2, 0) is 9.59 Å². The summed E-state index contributed by atoms with van der Waals surface area (Å²) in [5, 5.41) is 6.34. The van der Waals surface area contributed by atoms with Crippen LogP contribution in [0, 0.1) is 0 Å². The molecule has 2 heterocycles.